The van der Waals surface area contributed by atoms with Gasteiger partial charge < -0.3 is 4.43 Å². The van der Waals surface area contributed by atoms with Crippen LogP contribution in [0.1, 0.15) is 44.4 Å². The fourth-order valence-corrected chi connectivity index (χ4v) is 6.75. The Morgan fingerprint density at radius 2 is 1.06 bits per heavy atom. The molecule has 0 unspecified atom stereocenters. The highest BCUT2D eigenvalue weighted by molar-refractivity contribution is 8.00. The van der Waals surface area contributed by atoms with Gasteiger partial charge in [-0.05, 0) is 41.7 Å². The maximum absolute atomic E-state index is 6.72. The summed E-state index contributed by atoms with van der Waals surface area (Å²) in [5, 5.41) is 0.210. The lowest BCUT2D eigenvalue weighted by Crippen LogP contribution is -2.44. The predicted molar refractivity (Wildman–Crippen MR) is 139 cm³/mol. The summed E-state index contributed by atoms with van der Waals surface area (Å²) in [6.07, 6.45) is 0.182. The molecule has 0 aliphatic heterocycles. The van der Waals surface area contributed by atoms with E-state index in [-0.39, 0.29) is 15.9 Å². The summed E-state index contributed by atoms with van der Waals surface area (Å²) in [6, 6.07) is 32.7. The van der Waals surface area contributed by atoms with E-state index < -0.39 is 8.32 Å². The zero-order valence-corrected chi connectivity index (χ0v) is 21.6. The summed E-state index contributed by atoms with van der Waals surface area (Å²) in [4.78, 5) is 0. The van der Waals surface area contributed by atoms with Crippen molar-refractivity contribution in [2.75, 3.05) is 5.75 Å². The first-order valence-corrected chi connectivity index (χ1v) is 15.0. The molecule has 0 spiro atoms. The molecule has 164 valence electrons. The normalized spacial score (nSPS) is 13.7. The largest absolute Gasteiger partial charge is 0.413 e. The molecule has 1 atom stereocenters. The van der Waals surface area contributed by atoms with E-state index in [1.807, 2.05) is 11.8 Å². The molecule has 3 heteroatoms. The van der Waals surface area contributed by atoms with Crippen molar-refractivity contribution in [1.29, 1.82) is 0 Å². The number of benzene rings is 3. The first-order chi connectivity index (χ1) is 14.7. The van der Waals surface area contributed by atoms with E-state index >= 15 is 0 Å². The van der Waals surface area contributed by atoms with Gasteiger partial charge in [0.2, 0.25) is 0 Å². The molecule has 1 nitrogen and oxygen atoms in total. The van der Waals surface area contributed by atoms with E-state index in [0.29, 0.717) is 0 Å². The Bertz CT molecular complexity index is 836. The van der Waals surface area contributed by atoms with Crippen molar-refractivity contribution < 1.29 is 4.43 Å². The highest BCUT2D eigenvalue weighted by Gasteiger charge is 2.40. The molecule has 0 amide bonds. The van der Waals surface area contributed by atoms with E-state index in [0.717, 1.165) is 5.75 Å². The Balaban J connectivity index is 2.03. The summed E-state index contributed by atoms with van der Waals surface area (Å²) in [5.74, 6) is 0.922. The summed E-state index contributed by atoms with van der Waals surface area (Å²) < 4.78 is 6.44. The Morgan fingerprint density at radius 1 is 0.710 bits per heavy atom. The molecule has 0 heterocycles. The Labute approximate surface area is 194 Å². The molecule has 3 aromatic rings. The fraction of sp³-hybridized carbons (Fsp3) is 0.357. The van der Waals surface area contributed by atoms with Gasteiger partial charge in [-0.2, -0.15) is 0 Å². The first-order valence-electron chi connectivity index (χ1n) is 11.2. The van der Waals surface area contributed by atoms with Crippen molar-refractivity contribution in [3.05, 3.63) is 108 Å². The number of rotatable bonds is 8. The van der Waals surface area contributed by atoms with E-state index in [2.05, 4.69) is 132 Å². The van der Waals surface area contributed by atoms with E-state index in [1.165, 1.54) is 16.7 Å². The van der Waals surface area contributed by atoms with Gasteiger partial charge in [-0.15, -0.1) is 11.8 Å². The van der Waals surface area contributed by atoms with Crippen molar-refractivity contribution in [3.8, 4) is 0 Å². The molecule has 0 aliphatic carbocycles. The SMILES string of the molecule is C[C@H](CSC(c1ccccc1)(c1ccccc1)c1ccccc1)O[Si](C)(C)C(C)(C)C. The van der Waals surface area contributed by atoms with Gasteiger partial charge in [-0.1, -0.05) is 112 Å². The maximum atomic E-state index is 6.72. The zero-order valence-electron chi connectivity index (χ0n) is 19.8. The van der Waals surface area contributed by atoms with Crippen molar-refractivity contribution in [1.82, 2.24) is 0 Å². The summed E-state index contributed by atoms with van der Waals surface area (Å²) in [5.41, 5.74) is 3.91. The molecule has 0 bridgehead atoms. The Hall–Kier alpha value is -1.81. The number of hydrogen-bond acceptors (Lipinski definition) is 2. The monoisotopic (exact) mass is 448 g/mol. The molecule has 0 aliphatic rings. The van der Waals surface area contributed by atoms with Gasteiger partial charge in [0.1, 0.15) is 0 Å². The number of hydrogen-bond donors (Lipinski definition) is 0. The van der Waals surface area contributed by atoms with Crippen molar-refractivity contribution in [3.63, 3.8) is 0 Å². The predicted octanol–water partition coefficient (Wildman–Crippen LogP) is 8.12. The quantitative estimate of drug-likeness (QED) is 0.254. The standard InChI is InChI=1S/C28H36OSSi/c1-23(29-31(5,6)27(2,3)4)22-30-28(24-16-10-7-11-17-24,25-18-12-8-13-19-25)26-20-14-9-15-21-26/h7-21,23H,22H2,1-6H3/t23-/m1/s1. The minimum Gasteiger partial charge on any atom is -0.413 e. The van der Waals surface area contributed by atoms with Crippen LogP contribution in [0.5, 0.6) is 0 Å². The number of thioether (sulfide) groups is 1. The lowest BCUT2D eigenvalue weighted by atomic mass is 9.84. The Morgan fingerprint density at radius 3 is 1.39 bits per heavy atom. The molecular weight excluding hydrogens is 412 g/mol. The van der Waals surface area contributed by atoms with Crippen molar-refractivity contribution in [2.24, 2.45) is 0 Å². The van der Waals surface area contributed by atoms with Gasteiger partial charge in [-0.25, -0.2) is 0 Å². The third kappa shape index (κ3) is 5.34. The maximum Gasteiger partial charge on any atom is 0.192 e. The van der Waals surface area contributed by atoms with Crippen LogP contribution in [0.25, 0.3) is 0 Å². The molecule has 0 saturated carbocycles. The first kappa shape index (κ1) is 23.8. The second kappa shape index (κ2) is 9.77. The molecule has 3 aromatic carbocycles. The average molecular weight is 449 g/mol. The van der Waals surface area contributed by atoms with Crippen LogP contribution >= 0.6 is 11.8 Å². The van der Waals surface area contributed by atoms with Gasteiger partial charge in [0.15, 0.2) is 8.32 Å². The van der Waals surface area contributed by atoms with E-state index in [1.54, 1.807) is 0 Å². The molecule has 0 fully saturated rings. The Kier molecular flexibility index (Phi) is 7.51. The fourth-order valence-electron chi connectivity index (χ4n) is 3.72. The van der Waals surface area contributed by atoms with Crippen LogP contribution in [0.4, 0.5) is 0 Å². The second-order valence-electron chi connectivity index (χ2n) is 9.78. The third-order valence-electron chi connectivity index (χ3n) is 6.38. The zero-order chi connectivity index (χ0) is 22.5. The molecule has 31 heavy (non-hydrogen) atoms. The lowest BCUT2D eigenvalue weighted by molar-refractivity contribution is 0.222. The minimum atomic E-state index is -1.82. The van der Waals surface area contributed by atoms with Gasteiger partial charge in [0.05, 0.1) is 10.9 Å². The van der Waals surface area contributed by atoms with Crippen LogP contribution in [0.15, 0.2) is 91.0 Å². The third-order valence-corrected chi connectivity index (χ3v) is 12.8. The smallest absolute Gasteiger partial charge is 0.192 e. The second-order valence-corrected chi connectivity index (χ2v) is 15.8. The highest BCUT2D eigenvalue weighted by atomic mass is 32.2. The molecule has 0 aromatic heterocycles. The average Bonchev–Trinajstić information content (AvgIpc) is 2.75. The van der Waals surface area contributed by atoms with Crippen molar-refractivity contribution >= 4 is 20.1 Å². The van der Waals surface area contributed by atoms with E-state index in [4.69, 9.17) is 4.43 Å². The van der Waals surface area contributed by atoms with E-state index in [9.17, 15) is 0 Å². The van der Waals surface area contributed by atoms with Gasteiger partial charge >= 0.3 is 0 Å². The van der Waals surface area contributed by atoms with Crippen LogP contribution in [0.3, 0.4) is 0 Å². The molecule has 0 saturated heterocycles. The van der Waals surface area contributed by atoms with Gasteiger partial charge in [-0.3, -0.25) is 0 Å². The van der Waals surface area contributed by atoms with Crippen LogP contribution in [0.2, 0.25) is 18.1 Å². The molecule has 3 rings (SSSR count). The van der Waals surface area contributed by atoms with Gasteiger partial charge in [0, 0.05) is 5.75 Å². The summed E-state index contributed by atoms with van der Waals surface area (Å²) in [7, 11) is -1.82. The molecular formula is C28H36OSSi. The lowest BCUT2D eigenvalue weighted by Gasteiger charge is -2.40. The molecule has 0 N–H and O–H groups in total. The van der Waals surface area contributed by atoms with Crippen LogP contribution in [-0.2, 0) is 9.17 Å². The topological polar surface area (TPSA) is 9.23 Å². The summed E-state index contributed by atoms with van der Waals surface area (Å²) >= 11 is 1.98. The molecule has 0 radical (unpaired) electrons. The highest BCUT2D eigenvalue weighted by Crippen LogP contribution is 2.49. The van der Waals surface area contributed by atoms with Crippen LogP contribution in [-0.4, -0.2) is 20.2 Å². The van der Waals surface area contributed by atoms with Crippen molar-refractivity contribution in [2.45, 2.75) is 56.7 Å². The van der Waals surface area contributed by atoms with Gasteiger partial charge in [0.25, 0.3) is 0 Å². The minimum absolute atomic E-state index is 0.182. The summed E-state index contributed by atoms with van der Waals surface area (Å²) in [6.45, 7) is 13.8. The van der Waals surface area contributed by atoms with Crippen LogP contribution in [0, 0.1) is 0 Å². The van der Waals surface area contributed by atoms with Crippen LogP contribution < -0.4 is 0 Å².